The first-order chi connectivity index (χ1) is 9.06. The fourth-order valence-electron chi connectivity index (χ4n) is 1.63. The highest BCUT2D eigenvalue weighted by Crippen LogP contribution is 2.15. The number of hydrogen-bond donors (Lipinski definition) is 1. The Morgan fingerprint density at radius 3 is 2.89 bits per heavy atom. The van der Waals surface area contributed by atoms with E-state index in [1.54, 1.807) is 12.4 Å². The topological polar surface area (TPSA) is 65.2 Å². The van der Waals surface area contributed by atoms with Crippen LogP contribution >= 0.6 is 0 Å². The number of nitrogens with zero attached hydrogens (tertiary/aromatic N) is 1. The molecule has 2 rings (SSSR count). The van der Waals surface area contributed by atoms with Crippen molar-refractivity contribution in [3.63, 3.8) is 0 Å². The van der Waals surface area contributed by atoms with Gasteiger partial charge in [-0.1, -0.05) is 0 Å². The van der Waals surface area contributed by atoms with Gasteiger partial charge in [0.25, 0.3) is 0 Å². The van der Waals surface area contributed by atoms with Crippen LogP contribution in [0.2, 0.25) is 0 Å². The van der Waals surface area contributed by atoms with Crippen molar-refractivity contribution >= 4 is 11.7 Å². The van der Waals surface area contributed by atoms with Crippen LogP contribution in [-0.2, 0) is 11.3 Å². The van der Waals surface area contributed by atoms with Crippen LogP contribution in [0.3, 0.4) is 0 Å². The molecule has 0 bridgehead atoms. The van der Waals surface area contributed by atoms with Crippen LogP contribution in [0.5, 0.6) is 0 Å². The van der Waals surface area contributed by atoms with E-state index in [1.807, 2.05) is 13.0 Å². The highest BCUT2D eigenvalue weighted by molar-refractivity contribution is 5.95. The molecule has 0 aliphatic heterocycles. The van der Waals surface area contributed by atoms with Crippen molar-refractivity contribution < 1.29 is 13.9 Å². The van der Waals surface area contributed by atoms with E-state index >= 15 is 0 Å². The number of nitrogens with two attached hydrogens (primary N) is 1. The molecular formula is C14H13FN2O2. The molecule has 0 radical (unpaired) electrons. The highest BCUT2D eigenvalue weighted by atomic mass is 19.1. The van der Waals surface area contributed by atoms with Crippen molar-refractivity contribution in [3.05, 3.63) is 59.2 Å². The summed E-state index contributed by atoms with van der Waals surface area (Å²) in [7, 11) is 0. The van der Waals surface area contributed by atoms with Crippen molar-refractivity contribution in [1.82, 2.24) is 4.98 Å². The molecular weight excluding hydrogens is 247 g/mol. The molecule has 1 heterocycles. The molecule has 0 aliphatic carbocycles. The lowest BCUT2D eigenvalue weighted by molar-refractivity contribution is 0.0473. The number of pyridine rings is 1. The van der Waals surface area contributed by atoms with Crippen molar-refractivity contribution in [2.24, 2.45) is 0 Å². The van der Waals surface area contributed by atoms with Crippen molar-refractivity contribution in [1.29, 1.82) is 0 Å². The first-order valence-electron chi connectivity index (χ1n) is 5.69. The predicted molar refractivity (Wildman–Crippen MR) is 68.9 cm³/mol. The molecule has 0 spiro atoms. The number of aromatic nitrogens is 1. The van der Waals surface area contributed by atoms with E-state index in [0.717, 1.165) is 17.2 Å². The second kappa shape index (κ2) is 5.48. The van der Waals surface area contributed by atoms with Gasteiger partial charge in [0.15, 0.2) is 0 Å². The number of hydrogen-bond acceptors (Lipinski definition) is 4. The number of rotatable bonds is 3. The Kier molecular flexibility index (Phi) is 3.75. The van der Waals surface area contributed by atoms with Gasteiger partial charge in [-0.15, -0.1) is 0 Å². The quantitative estimate of drug-likeness (QED) is 0.680. The summed E-state index contributed by atoms with van der Waals surface area (Å²) in [6.45, 7) is 1.96. The van der Waals surface area contributed by atoms with Crippen molar-refractivity contribution in [3.8, 4) is 0 Å². The Hall–Kier alpha value is -2.43. The van der Waals surface area contributed by atoms with Gasteiger partial charge in [0, 0.05) is 23.6 Å². The number of nitrogen functional groups attached to an aromatic ring is 1. The molecule has 0 saturated heterocycles. The van der Waals surface area contributed by atoms with Gasteiger partial charge < -0.3 is 10.5 Å². The minimum atomic E-state index is -0.654. The van der Waals surface area contributed by atoms with Gasteiger partial charge in [-0.05, 0) is 36.8 Å². The Balaban J connectivity index is 2.07. The van der Waals surface area contributed by atoms with E-state index in [9.17, 15) is 9.18 Å². The smallest absolute Gasteiger partial charge is 0.340 e. The summed E-state index contributed by atoms with van der Waals surface area (Å²) >= 11 is 0. The normalized spacial score (nSPS) is 10.2. The van der Waals surface area contributed by atoms with Crippen LogP contribution in [0.15, 0.2) is 36.7 Å². The van der Waals surface area contributed by atoms with E-state index in [2.05, 4.69) is 4.98 Å². The van der Waals surface area contributed by atoms with E-state index in [4.69, 9.17) is 10.5 Å². The van der Waals surface area contributed by atoms with Crippen LogP contribution in [0.25, 0.3) is 0 Å². The number of carbonyl (C=O) groups excluding carboxylic acids is 1. The average molecular weight is 260 g/mol. The zero-order valence-corrected chi connectivity index (χ0v) is 10.4. The Morgan fingerprint density at radius 1 is 1.37 bits per heavy atom. The molecule has 19 heavy (non-hydrogen) atoms. The third-order valence-corrected chi connectivity index (χ3v) is 2.54. The first kappa shape index (κ1) is 13.0. The lowest BCUT2D eigenvalue weighted by atomic mass is 10.2. The fraction of sp³-hybridized carbons (Fsp3) is 0.143. The maximum Gasteiger partial charge on any atom is 0.340 e. The number of halogens is 1. The summed E-state index contributed by atoms with van der Waals surface area (Å²) in [5.41, 5.74) is 7.56. The number of carbonyl (C=O) groups is 1. The SMILES string of the molecule is Cc1cncc(COC(=O)c2cc(F)ccc2N)c1. The zero-order chi connectivity index (χ0) is 13.8. The second-order valence-electron chi connectivity index (χ2n) is 4.18. The summed E-state index contributed by atoms with van der Waals surface area (Å²) in [6, 6.07) is 5.44. The first-order valence-corrected chi connectivity index (χ1v) is 5.69. The third-order valence-electron chi connectivity index (χ3n) is 2.54. The van der Waals surface area contributed by atoms with E-state index in [-0.39, 0.29) is 17.9 Å². The molecule has 4 nitrogen and oxygen atoms in total. The Morgan fingerprint density at radius 2 is 2.16 bits per heavy atom. The summed E-state index contributed by atoms with van der Waals surface area (Å²) in [4.78, 5) is 15.8. The zero-order valence-electron chi connectivity index (χ0n) is 10.4. The number of ether oxygens (including phenoxy) is 1. The number of benzene rings is 1. The molecule has 0 aliphatic rings. The molecule has 2 N–H and O–H groups in total. The van der Waals surface area contributed by atoms with Gasteiger partial charge >= 0.3 is 5.97 Å². The van der Waals surface area contributed by atoms with E-state index < -0.39 is 11.8 Å². The molecule has 1 aromatic carbocycles. The second-order valence-corrected chi connectivity index (χ2v) is 4.18. The summed E-state index contributed by atoms with van der Waals surface area (Å²) in [5, 5.41) is 0. The maximum atomic E-state index is 13.1. The van der Waals surface area contributed by atoms with Crippen LogP contribution in [-0.4, -0.2) is 11.0 Å². The molecule has 0 amide bonds. The Labute approximate surface area is 110 Å². The lowest BCUT2D eigenvalue weighted by Crippen LogP contribution is -2.09. The summed E-state index contributed by atoms with van der Waals surface area (Å²) in [6.07, 6.45) is 3.31. The van der Waals surface area contributed by atoms with Crippen molar-refractivity contribution in [2.45, 2.75) is 13.5 Å². The number of aryl methyl sites for hydroxylation is 1. The predicted octanol–water partition coefficient (Wildman–Crippen LogP) is 2.47. The maximum absolute atomic E-state index is 13.1. The molecule has 1 aromatic heterocycles. The van der Waals surface area contributed by atoms with Crippen LogP contribution < -0.4 is 5.73 Å². The average Bonchev–Trinajstić information content (AvgIpc) is 2.39. The van der Waals surface area contributed by atoms with Gasteiger partial charge in [-0.25, -0.2) is 9.18 Å². The van der Waals surface area contributed by atoms with Crippen LogP contribution in [0.4, 0.5) is 10.1 Å². The largest absolute Gasteiger partial charge is 0.457 e. The highest BCUT2D eigenvalue weighted by Gasteiger charge is 2.12. The Bertz CT molecular complexity index is 614. The molecule has 0 saturated carbocycles. The molecule has 5 heteroatoms. The minimum absolute atomic E-state index is 0.0283. The van der Waals surface area contributed by atoms with Crippen LogP contribution in [0.1, 0.15) is 21.5 Å². The minimum Gasteiger partial charge on any atom is -0.457 e. The monoisotopic (exact) mass is 260 g/mol. The molecule has 0 atom stereocenters. The number of anilines is 1. The third kappa shape index (κ3) is 3.28. The van der Waals surface area contributed by atoms with Crippen LogP contribution in [0, 0.1) is 12.7 Å². The van der Waals surface area contributed by atoms with Gasteiger partial charge in [0.05, 0.1) is 5.56 Å². The summed E-state index contributed by atoms with van der Waals surface area (Å²) in [5.74, 6) is -1.18. The van der Waals surface area contributed by atoms with Gasteiger partial charge in [0.1, 0.15) is 12.4 Å². The molecule has 0 unspecified atom stereocenters. The molecule has 2 aromatic rings. The lowest BCUT2D eigenvalue weighted by Gasteiger charge is -2.07. The molecule has 98 valence electrons. The van der Waals surface area contributed by atoms with E-state index in [0.29, 0.717) is 0 Å². The standard InChI is InChI=1S/C14H13FN2O2/c1-9-4-10(7-17-6-9)8-19-14(18)12-5-11(15)2-3-13(12)16/h2-7H,8,16H2,1H3. The number of esters is 1. The van der Waals surface area contributed by atoms with Gasteiger partial charge in [0.2, 0.25) is 0 Å². The summed E-state index contributed by atoms with van der Waals surface area (Å²) < 4.78 is 18.1. The molecule has 0 fully saturated rings. The van der Waals surface area contributed by atoms with Crippen molar-refractivity contribution in [2.75, 3.05) is 5.73 Å². The van der Waals surface area contributed by atoms with Gasteiger partial charge in [-0.2, -0.15) is 0 Å². The van der Waals surface area contributed by atoms with E-state index in [1.165, 1.54) is 12.1 Å². The fourth-order valence-corrected chi connectivity index (χ4v) is 1.63. The van der Waals surface area contributed by atoms with Gasteiger partial charge in [-0.3, -0.25) is 4.98 Å².